The van der Waals surface area contributed by atoms with Crippen LogP contribution in [0.25, 0.3) is 0 Å². The summed E-state index contributed by atoms with van der Waals surface area (Å²) >= 11 is 0. The van der Waals surface area contributed by atoms with E-state index in [2.05, 4.69) is 5.32 Å². The molecule has 2 rings (SSSR count). The van der Waals surface area contributed by atoms with Gasteiger partial charge in [0.2, 0.25) is 0 Å². The highest BCUT2D eigenvalue weighted by molar-refractivity contribution is 5.99. The molecule has 0 heterocycles. The number of hydrogen-bond donors (Lipinski definition) is 2. The zero-order valence-electron chi connectivity index (χ0n) is 11.9. The number of methoxy groups -OCH3 is 1. The van der Waals surface area contributed by atoms with E-state index in [1.54, 1.807) is 25.3 Å². The van der Waals surface area contributed by atoms with Gasteiger partial charge < -0.3 is 20.5 Å². The number of anilines is 1. The molecular formula is C15H22N2O3. The summed E-state index contributed by atoms with van der Waals surface area (Å²) in [5, 5.41) is 2.82. The molecule has 0 atom stereocenters. The van der Waals surface area contributed by atoms with E-state index in [9.17, 15) is 4.79 Å². The lowest BCUT2D eigenvalue weighted by atomic mass is 10.1. The van der Waals surface area contributed by atoms with Crippen molar-refractivity contribution in [2.24, 2.45) is 0 Å². The quantitative estimate of drug-likeness (QED) is 0.616. The number of amides is 1. The number of rotatable bonds is 6. The first-order valence-electron chi connectivity index (χ1n) is 7.04. The molecule has 0 unspecified atom stereocenters. The molecule has 110 valence electrons. The Morgan fingerprint density at radius 3 is 2.80 bits per heavy atom. The van der Waals surface area contributed by atoms with Crippen LogP contribution in [0.3, 0.4) is 0 Å². The lowest BCUT2D eigenvalue weighted by Gasteiger charge is -2.12. The Morgan fingerprint density at radius 1 is 1.40 bits per heavy atom. The minimum absolute atomic E-state index is 0.180. The predicted molar refractivity (Wildman–Crippen MR) is 77.9 cm³/mol. The lowest BCUT2D eigenvalue weighted by Crippen LogP contribution is -2.29. The largest absolute Gasteiger partial charge is 0.497 e. The second kappa shape index (κ2) is 7.14. The fraction of sp³-hybridized carbons (Fsp3) is 0.533. The molecule has 5 nitrogen and oxygen atoms in total. The van der Waals surface area contributed by atoms with E-state index in [0.717, 1.165) is 12.8 Å². The summed E-state index contributed by atoms with van der Waals surface area (Å²) in [6.45, 7) is 1.05. The van der Waals surface area contributed by atoms with Crippen molar-refractivity contribution in [3.63, 3.8) is 0 Å². The molecule has 1 aliphatic carbocycles. The van der Waals surface area contributed by atoms with Crippen LogP contribution in [0.1, 0.15) is 36.0 Å². The number of benzene rings is 1. The molecule has 1 fully saturated rings. The summed E-state index contributed by atoms with van der Waals surface area (Å²) in [6, 6.07) is 5.03. The summed E-state index contributed by atoms with van der Waals surface area (Å²) in [4.78, 5) is 12.0. The number of carbonyl (C=O) groups excluding carboxylic acids is 1. The molecule has 0 radical (unpaired) electrons. The van der Waals surface area contributed by atoms with Crippen molar-refractivity contribution in [3.05, 3.63) is 23.8 Å². The summed E-state index contributed by atoms with van der Waals surface area (Å²) in [6.07, 6.45) is 5.15. The van der Waals surface area contributed by atoms with Crippen molar-refractivity contribution in [1.29, 1.82) is 0 Å². The fourth-order valence-electron chi connectivity index (χ4n) is 2.41. The van der Waals surface area contributed by atoms with Crippen LogP contribution >= 0.6 is 0 Å². The number of ether oxygens (including phenoxy) is 2. The molecule has 3 N–H and O–H groups in total. The normalized spacial score (nSPS) is 15.2. The Morgan fingerprint density at radius 2 is 2.15 bits per heavy atom. The smallest absolute Gasteiger partial charge is 0.253 e. The Bertz CT molecular complexity index is 456. The van der Waals surface area contributed by atoms with Gasteiger partial charge in [-0.05, 0) is 25.0 Å². The van der Waals surface area contributed by atoms with Gasteiger partial charge in [-0.25, -0.2) is 0 Å². The maximum absolute atomic E-state index is 12.0. The second-order valence-electron chi connectivity index (χ2n) is 4.99. The van der Waals surface area contributed by atoms with Gasteiger partial charge in [-0.3, -0.25) is 4.79 Å². The van der Waals surface area contributed by atoms with Crippen molar-refractivity contribution in [3.8, 4) is 5.75 Å². The predicted octanol–water partition coefficient (Wildman–Crippen LogP) is 1.97. The third-order valence-electron chi connectivity index (χ3n) is 3.55. The summed E-state index contributed by atoms with van der Waals surface area (Å²) in [7, 11) is 1.56. The standard InChI is InChI=1S/C15H22N2O3/c1-19-12-6-7-13(14(16)10-12)15(18)17-8-9-20-11-4-2-3-5-11/h6-7,10-11H,2-5,8-9,16H2,1H3,(H,17,18). The minimum Gasteiger partial charge on any atom is -0.497 e. The van der Waals surface area contributed by atoms with Gasteiger partial charge in [0.25, 0.3) is 5.91 Å². The van der Waals surface area contributed by atoms with E-state index in [-0.39, 0.29) is 5.91 Å². The van der Waals surface area contributed by atoms with Crippen molar-refractivity contribution < 1.29 is 14.3 Å². The van der Waals surface area contributed by atoms with Gasteiger partial charge >= 0.3 is 0 Å². The molecule has 1 aromatic carbocycles. The average Bonchev–Trinajstić information content (AvgIpc) is 2.96. The topological polar surface area (TPSA) is 73.6 Å². The fourth-order valence-corrected chi connectivity index (χ4v) is 2.41. The van der Waals surface area contributed by atoms with E-state index < -0.39 is 0 Å². The first-order valence-corrected chi connectivity index (χ1v) is 7.04. The van der Waals surface area contributed by atoms with Crippen LogP contribution in [0.2, 0.25) is 0 Å². The third-order valence-corrected chi connectivity index (χ3v) is 3.55. The Balaban J connectivity index is 1.76. The molecule has 0 aliphatic heterocycles. The van der Waals surface area contributed by atoms with Gasteiger partial charge in [0.1, 0.15) is 5.75 Å². The van der Waals surface area contributed by atoms with Crippen LogP contribution in [0.5, 0.6) is 5.75 Å². The number of hydrogen-bond acceptors (Lipinski definition) is 4. The Kier molecular flexibility index (Phi) is 5.24. The van der Waals surface area contributed by atoms with Crippen LogP contribution in [0.4, 0.5) is 5.69 Å². The van der Waals surface area contributed by atoms with E-state index >= 15 is 0 Å². The van der Waals surface area contributed by atoms with Crippen LogP contribution in [0.15, 0.2) is 18.2 Å². The number of carbonyl (C=O) groups is 1. The van der Waals surface area contributed by atoms with Gasteiger partial charge in [-0.2, -0.15) is 0 Å². The van der Waals surface area contributed by atoms with Crippen molar-refractivity contribution in [2.45, 2.75) is 31.8 Å². The van der Waals surface area contributed by atoms with E-state index in [1.165, 1.54) is 12.8 Å². The molecule has 0 bridgehead atoms. The van der Waals surface area contributed by atoms with E-state index in [1.807, 2.05) is 0 Å². The molecule has 5 heteroatoms. The van der Waals surface area contributed by atoms with Gasteiger partial charge in [0, 0.05) is 18.3 Å². The zero-order chi connectivity index (χ0) is 14.4. The first-order chi connectivity index (χ1) is 9.70. The lowest BCUT2D eigenvalue weighted by molar-refractivity contribution is 0.0582. The number of nitrogen functional groups attached to an aromatic ring is 1. The van der Waals surface area contributed by atoms with Crippen LogP contribution in [-0.2, 0) is 4.74 Å². The summed E-state index contributed by atoms with van der Waals surface area (Å²) in [5.74, 6) is 0.462. The Labute approximate surface area is 119 Å². The first kappa shape index (κ1) is 14.7. The molecule has 1 aliphatic rings. The van der Waals surface area contributed by atoms with Gasteiger partial charge in [-0.15, -0.1) is 0 Å². The van der Waals surface area contributed by atoms with Crippen LogP contribution < -0.4 is 15.8 Å². The molecular weight excluding hydrogens is 256 g/mol. The van der Waals surface area contributed by atoms with Crippen molar-refractivity contribution >= 4 is 11.6 Å². The maximum atomic E-state index is 12.0. The second-order valence-corrected chi connectivity index (χ2v) is 4.99. The monoisotopic (exact) mass is 278 g/mol. The van der Waals surface area contributed by atoms with Crippen molar-refractivity contribution in [2.75, 3.05) is 26.0 Å². The molecule has 1 aromatic rings. The van der Waals surface area contributed by atoms with Gasteiger partial charge in [0.05, 0.1) is 25.4 Å². The molecule has 0 saturated heterocycles. The maximum Gasteiger partial charge on any atom is 0.253 e. The van der Waals surface area contributed by atoms with E-state index in [0.29, 0.717) is 36.3 Å². The molecule has 1 amide bonds. The van der Waals surface area contributed by atoms with Gasteiger partial charge in [0.15, 0.2) is 0 Å². The van der Waals surface area contributed by atoms with E-state index in [4.69, 9.17) is 15.2 Å². The molecule has 20 heavy (non-hydrogen) atoms. The summed E-state index contributed by atoms with van der Waals surface area (Å²) in [5.41, 5.74) is 6.71. The molecule has 0 spiro atoms. The number of nitrogens with one attached hydrogen (secondary N) is 1. The average molecular weight is 278 g/mol. The SMILES string of the molecule is COc1ccc(C(=O)NCCOC2CCCC2)c(N)c1. The minimum atomic E-state index is -0.180. The molecule has 0 aromatic heterocycles. The third kappa shape index (κ3) is 3.87. The highest BCUT2D eigenvalue weighted by Gasteiger charge is 2.15. The highest BCUT2D eigenvalue weighted by atomic mass is 16.5. The highest BCUT2D eigenvalue weighted by Crippen LogP contribution is 2.21. The van der Waals surface area contributed by atoms with Gasteiger partial charge in [-0.1, -0.05) is 12.8 Å². The Hall–Kier alpha value is -1.75. The van der Waals surface area contributed by atoms with Crippen molar-refractivity contribution in [1.82, 2.24) is 5.32 Å². The molecule has 1 saturated carbocycles. The zero-order valence-corrected chi connectivity index (χ0v) is 11.9. The summed E-state index contributed by atoms with van der Waals surface area (Å²) < 4.78 is 10.7. The van der Waals surface area contributed by atoms with Crippen LogP contribution in [-0.4, -0.2) is 32.3 Å². The number of nitrogens with two attached hydrogens (primary N) is 1. The van der Waals surface area contributed by atoms with Crippen LogP contribution in [0, 0.1) is 0 Å².